The van der Waals surface area contributed by atoms with Crippen LogP contribution in [-0.2, 0) is 6.54 Å². The number of rotatable bonds is 3. The highest BCUT2D eigenvalue weighted by atomic mass is 32.1. The minimum Gasteiger partial charge on any atom is -0.358 e. The molecule has 1 saturated heterocycles. The van der Waals surface area contributed by atoms with E-state index in [1.165, 1.54) is 37.7 Å². The van der Waals surface area contributed by atoms with Crippen LogP contribution in [0.4, 0.5) is 0 Å². The van der Waals surface area contributed by atoms with Gasteiger partial charge in [-0.3, -0.25) is 0 Å². The van der Waals surface area contributed by atoms with E-state index in [-0.39, 0.29) is 0 Å². The second-order valence-corrected chi connectivity index (χ2v) is 5.64. The third-order valence-electron chi connectivity index (χ3n) is 3.90. The van der Waals surface area contributed by atoms with Crippen LogP contribution in [0.25, 0.3) is 0 Å². The number of nitrogens with zero attached hydrogens (tertiary/aromatic N) is 1. The van der Waals surface area contributed by atoms with Crippen molar-refractivity contribution >= 4 is 17.3 Å². The zero-order chi connectivity index (χ0) is 13.5. The van der Waals surface area contributed by atoms with Crippen LogP contribution >= 0.6 is 12.2 Å². The molecule has 0 aromatic heterocycles. The first-order valence-corrected chi connectivity index (χ1v) is 7.80. The lowest BCUT2D eigenvalue weighted by Gasteiger charge is -2.32. The smallest absolute Gasteiger partial charge is 0.169 e. The van der Waals surface area contributed by atoms with E-state index in [1.807, 2.05) is 6.07 Å². The summed E-state index contributed by atoms with van der Waals surface area (Å²) in [5, 5.41) is 4.35. The van der Waals surface area contributed by atoms with Crippen LogP contribution in [0.3, 0.4) is 0 Å². The van der Waals surface area contributed by atoms with Crippen LogP contribution in [-0.4, -0.2) is 22.6 Å². The molecule has 104 valence electrons. The highest BCUT2D eigenvalue weighted by Crippen LogP contribution is 2.19. The van der Waals surface area contributed by atoms with Crippen LogP contribution in [0.15, 0.2) is 30.3 Å². The van der Waals surface area contributed by atoms with Crippen molar-refractivity contribution in [1.29, 1.82) is 0 Å². The Hall–Kier alpha value is -1.09. The first-order valence-electron chi connectivity index (χ1n) is 7.39. The molecule has 0 radical (unpaired) electrons. The molecule has 1 aliphatic rings. The quantitative estimate of drug-likeness (QED) is 0.847. The average Bonchev–Trinajstić information content (AvgIpc) is 2.71. The number of benzene rings is 1. The summed E-state index contributed by atoms with van der Waals surface area (Å²) in [5.74, 6) is 0. The predicted octanol–water partition coefficient (Wildman–Crippen LogP) is 3.72. The molecule has 0 spiro atoms. The van der Waals surface area contributed by atoms with E-state index in [1.54, 1.807) is 0 Å². The minimum atomic E-state index is 0.623. The van der Waals surface area contributed by atoms with E-state index in [4.69, 9.17) is 12.2 Å². The van der Waals surface area contributed by atoms with Gasteiger partial charge in [0.1, 0.15) is 0 Å². The van der Waals surface area contributed by atoms with Crippen molar-refractivity contribution in [2.24, 2.45) is 0 Å². The Balaban J connectivity index is 1.90. The molecule has 1 aromatic rings. The lowest BCUT2D eigenvalue weighted by atomic mass is 10.1. The molecule has 0 aliphatic carbocycles. The van der Waals surface area contributed by atoms with Gasteiger partial charge in [-0.05, 0) is 37.0 Å². The molecular weight excluding hydrogens is 252 g/mol. The third kappa shape index (κ3) is 4.20. The van der Waals surface area contributed by atoms with Crippen molar-refractivity contribution in [2.45, 2.75) is 51.6 Å². The van der Waals surface area contributed by atoms with Crippen LogP contribution in [0, 0.1) is 0 Å². The van der Waals surface area contributed by atoms with E-state index in [2.05, 4.69) is 41.4 Å². The molecule has 0 amide bonds. The molecule has 3 heteroatoms. The van der Waals surface area contributed by atoms with E-state index < -0.39 is 0 Å². The molecule has 1 atom stereocenters. The summed E-state index contributed by atoms with van der Waals surface area (Å²) in [4.78, 5) is 2.41. The summed E-state index contributed by atoms with van der Waals surface area (Å²) in [6.07, 6.45) is 6.42. The first kappa shape index (κ1) is 14.3. The number of hydrogen-bond acceptors (Lipinski definition) is 1. The molecule has 2 nitrogen and oxygen atoms in total. The molecule has 1 fully saturated rings. The van der Waals surface area contributed by atoms with Crippen molar-refractivity contribution in [3.05, 3.63) is 35.9 Å². The van der Waals surface area contributed by atoms with E-state index in [0.717, 1.165) is 18.2 Å². The van der Waals surface area contributed by atoms with Gasteiger partial charge in [-0.1, -0.05) is 50.1 Å². The summed E-state index contributed by atoms with van der Waals surface area (Å²) >= 11 is 5.59. The maximum atomic E-state index is 5.59. The Bertz CT molecular complexity index is 391. The molecule has 1 heterocycles. The monoisotopic (exact) mass is 276 g/mol. The fourth-order valence-electron chi connectivity index (χ4n) is 2.74. The van der Waals surface area contributed by atoms with Crippen molar-refractivity contribution in [1.82, 2.24) is 10.2 Å². The van der Waals surface area contributed by atoms with Gasteiger partial charge in [-0.2, -0.15) is 0 Å². The second kappa shape index (κ2) is 7.49. The maximum absolute atomic E-state index is 5.59. The molecule has 1 aliphatic heterocycles. The fourth-order valence-corrected chi connectivity index (χ4v) is 3.06. The van der Waals surface area contributed by atoms with Crippen LogP contribution in [0.2, 0.25) is 0 Å². The van der Waals surface area contributed by atoms with E-state index in [0.29, 0.717) is 6.04 Å². The highest BCUT2D eigenvalue weighted by Gasteiger charge is 2.21. The lowest BCUT2D eigenvalue weighted by molar-refractivity contribution is 0.303. The van der Waals surface area contributed by atoms with Gasteiger partial charge in [0.15, 0.2) is 5.11 Å². The molecule has 1 aromatic carbocycles. The molecule has 1 N–H and O–H groups in total. The summed E-state index contributed by atoms with van der Waals surface area (Å²) in [6, 6.07) is 11.1. The average molecular weight is 276 g/mol. The molecular formula is C16H24N2S. The Morgan fingerprint density at radius 2 is 2.05 bits per heavy atom. The summed E-state index contributed by atoms with van der Waals surface area (Å²) in [5.41, 5.74) is 1.28. The number of likely N-dealkylation sites (tertiary alicyclic amines) is 1. The number of nitrogens with one attached hydrogen (secondary N) is 1. The molecule has 2 rings (SSSR count). The standard InChI is InChI=1S/C16H24N2S/c1-2-15-11-7-4-8-12-18(15)16(19)17-13-14-9-5-3-6-10-14/h3,5-6,9-10,15H,2,4,7-8,11-13H2,1H3,(H,17,19). The maximum Gasteiger partial charge on any atom is 0.169 e. The molecule has 0 saturated carbocycles. The number of thiocarbonyl (C=S) groups is 1. The third-order valence-corrected chi connectivity index (χ3v) is 4.27. The Kier molecular flexibility index (Phi) is 5.64. The van der Waals surface area contributed by atoms with Crippen molar-refractivity contribution in [3.8, 4) is 0 Å². The van der Waals surface area contributed by atoms with Gasteiger partial charge in [-0.25, -0.2) is 0 Å². The minimum absolute atomic E-state index is 0.623. The summed E-state index contributed by atoms with van der Waals surface area (Å²) in [6.45, 7) is 4.20. The van der Waals surface area contributed by atoms with Gasteiger partial charge in [0.2, 0.25) is 0 Å². The van der Waals surface area contributed by atoms with Gasteiger partial charge in [0.25, 0.3) is 0 Å². The number of hydrogen-bond donors (Lipinski definition) is 1. The zero-order valence-corrected chi connectivity index (χ0v) is 12.6. The largest absolute Gasteiger partial charge is 0.358 e. The fraction of sp³-hybridized carbons (Fsp3) is 0.562. The van der Waals surface area contributed by atoms with Crippen LogP contribution < -0.4 is 5.32 Å². The molecule has 19 heavy (non-hydrogen) atoms. The van der Waals surface area contributed by atoms with Crippen molar-refractivity contribution in [2.75, 3.05) is 6.54 Å². The van der Waals surface area contributed by atoms with Gasteiger partial charge < -0.3 is 10.2 Å². The Labute approximate surface area is 122 Å². The Morgan fingerprint density at radius 3 is 2.79 bits per heavy atom. The van der Waals surface area contributed by atoms with Gasteiger partial charge in [0, 0.05) is 19.1 Å². The van der Waals surface area contributed by atoms with Crippen LogP contribution in [0.5, 0.6) is 0 Å². The van der Waals surface area contributed by atoms with Crippen molar-refractivity contribution < 1.29 is 0 Å². The van der Waals surface area contributed by atoms with Gasteiger partial charge >= 0.3 is 0 Å². The summed E-state index contributed by atoms with van der Waals surface area (Å²) < 4.78 is 0. The van der Waals surface area contributed by atoms with Crippen LogP contribution in [0.1, 0.15) is 44.6 Å². The van der Waals surface area contributed by atoms with Gasteiger partial charge in [0.05, 0.1) is 0 Å². The second-order valence-electron chi connectivity index (χ2n) is 5.25. The topological polar surface area (TPSA) is 15.3 Å². The van der Waals surface area contributed by atoms with E-state index in [9.17, 15) is 0 Å². The predicted molar refractivity (Wildman–Crippen MR) is 85.1 cm³/mol. The van der Waals surface area contributed by atoms with Crippen molar-refractivity contribution in [3.63, 3.8) is 0 Å². The first-order chi connectivity index (χ1) is 9.31. The summed E-state index contributed by atoms with van der Waals surface area (Å²) in [7, 11) is 0. The van der Waals surface area contributed by atoms with E-state index >= 15 is 0 Å². The molecule has 1 unspecified atom stereocenters. The zero-order valence-electron chi connectivity index (χ0n) is 11.8. The lowest BCUT2D eigenvalue weighted by Crippen LogP contribution is -2.45. The van der Waals surface area contributed by atoms with Gasteiger partial charge in [-0.15, -0.1) is 0 Å². The SMILES string of the molecule is CCC1CCCCCN1C(=S)NCc1ccccc1. The molecule has 0 bridgehead atoms. The highest BCUT2D eigenvalue weighted by molar-refractivity contribution is 7.80. The Morgan fingerprint density at radius 1 is 1.26 bits per heavy atom. The normalized spacial score (nSPS) is 19.8.